The van der Waals surface area contributed by atoms with E-state index in [1.165, 1.54) is 0 Å². The van der Waals surface area contributed by atoms with Crippen LogP contribution in [0.2, 0.25) is 5.82 Å². The zero-order chi connectivity index (χ0) is 12.7. The first-order valence-corrected chi connectivity index (χ1v) is 5.88. The smallest absolute Gasteiger partial charge is 0.403 e. The first-order valence-electron chi connectivity index (χ1n) is 5.88. The van der Waals surface area contributed by atoms with Gasteiger partial charge < -0.3 is 9.31 Å². The van der Waals surface area contributed by atoms with Gasteiger partial charge in [-0.1, -0.05) is 6.08 Å². The van der Waals surface area contributed by atoms with E-state index in [0.29, 0.717) is 12.1 Å². The molecule has 0 bridgehead atoms. The summed E-state index contributed by atoms with van der Waals surface area (Å²) in [6, 6.07) is 0. The quantitative estimate of drug-likeness (QED) is 0.540. The van der Waals surface area contributed by atoms with Crippen LogP contribution in [0.15, 0.2) is 16.6 Å². The van der Waals surface area contributed by atoms with Crippen LogP contribution in [0.1, 0.15) is 27.7 Å². The van der Waals surface area contributed by atoms with Gasteiger partial charge in [-0.15, -0.1) is 0 Å². The highest BCUT2D eigenvalue weighted by molar-refractivity contribution is 6.48. The third kappa shape index (κ3) is 2.22. The molecular weight excluding hydrogens is 217 g/mol. The number of hydrogen-bond donors (Lipinski definition) is 0. The van der Waals surface area contributed by atoms with Gasteiger partial charge in [0.1, 0.15) is 0 Å². The van der Waals surface area contributed by atoms with E-state index < -0.39 is 0 Å². The van der Waals surface area contributed by atoms with E-state index >= 15 is 0 Å². The maximum atomic E-state index is 10.7. The Morgan fingerprint density at radius 1 is 1.35 bits per heavy atom. The molecule has 1 atom stereocenters. The molecule has 0 amide bonds. The lowest BCUT2D eigenvalue weighted by Crippen LogP contribution is -2.41. The molecule has 1 fully saturated rings. The summed E-state index contributed by atoms with van der Waals surface area (Å²) >= 11 is 0. The third-order valence-electron chi connectivity index (χ3n) is 3.72. The van der Waals surface area contributed by atoms with E-state index in [9.17, 15) is 4.79 Å². The van der Waals surface area contributed by atoms with Crippen LogP contribution in [0.4, 0.5) is 0 Å². The van der Waals surface area contributed by atoms with Crippen molar-refractivity contribution in [3.8, 4) is 0 Å². The molecule has 92 valence electrons. The Morgan fingerprint density at radius 3 is 2.47 bits per heavy atom. The molecule has 2 aliphatic heterocycles. The van der Waals surface area contributed by atoms with Gasteiger partial charge in [-0.2, -0.15) is 0 Å². The van der Waals surface area contributed by atoms with Gasteiger partial charge in [-0.3, -0.25) is 9.79 Å². The number of dihydropyridines is 1. The Balaban J connectivity index is 2.14. The van der Waals surface area contributed by atoms with Crippen molar-refractivity contribution in [3.63, 3.8) is 0 Å². The number of carbonyl (C=O) groups is 1. The molecule has 0 aromatic heterocycles. The number of carbonyl (C=O) groups excluding carboxylic acids is 1. The Bertz CT molecular complexity index is 371. The Kier molecular flexibility index (Phi) is 3.00. The highest BCUT2D eigenvalue weighted by Gasteiger charge is 2.53. The van der Waals surface area contributed by atoms with E-state index in [4.69, 9.17) is 9.31 Å². The number of rotatable bonds is 2. The van der Waals surface area contributed by atoms with Crippen molar-refractivity contribution in [2.45, 2.75) is 44.7 Å². The topological polar surface area (TPSA) is 47.9 Å². The largest absolute Gasteiger partial charge is 0.467 e. The lowest BCUT2D eigenvalue weighted by molar-refractivity contribution is -0.104. The van der Waals surface area contributed by atoms with Gasteiger partial charge in [-0.25, -0.2) is 0 Å². The summed E-state index contributed by atoms with van der Waals surface area (Å²) in [5.74, 6) is 0.0150. The minimum Gasteiger partial charge on any atom is -0.403 e. The SMILES string of the molecule is CC1(C)OB(C2C=C(C=O)C=NC2)OC1(C)C. The van der Waals surface area contributed by atoms with E-state index in [1.54, 1.807) is 6.21 Å². The number of nitrogens with zero attached hydrogens (tertiary/aromatic N) is 1. The zero-order valence-corrected chi connectivity index (χ0v) is 10.8. The van der Waals surface area contributed by atoms with Gasteiger partial charge in [-0.05, 0) is 27.7 Å². The van der Waals surface area contributed by atoms with E-state index in [-0.39, 0.29) is 24.1 Å². The molecule has 0 radical (unpaired) electrons. The first-order chi connectivity index (χ1) is 7.86. The standard InChI is InChI=1S/C12H18BNO3/c1-11(2)12(3,4)17-13(16-11)10-5-9(8-15)6-14-7-10/h5-6,8,10H,7H2,1-4H3. The Morgan fingerprint density at radius 2 is 1.94 bits per heavy atom. The summed E-state index contributed by atoms with van der Waals surface area (Å²) in [7, 11) is -0.326. The Hall–Kier alpha value is -0.935. The van der Waals surface area contributed by atoms with Crippen molar-refractivity contribution in [1.29, 1.82) is 0 Å². The van der Waals surface area contributed by atoms with Gasteiger partial charge in [0.25, 0.3) is 0 Å². The van der Waals surface area contributed by atoms with Crippen molar-refractivity contribution >= 4 is 19.6 Å². The highest BCUT2D eigenvalue weighted by Crippen LogP contribution is 2.40. The van der Waals surface area contributed by atoms with Crippen LogP contribution in [0, 0.1) is 0 Å². The summed E-state index contributed by atoms with van der Waals surface area (Å²) in [5.41, 5.74) is -0.0851. The molecule has 0 saturated carbocycles. The lowest BCUT2D eigenvalue weighted by atomic mass is 9.70. The molecule has 0 N–H and O–H groups in total. The zero-order valence-electron chi connectivity index (χ0n) is 10.8. The van der Waals surface area contributed by atoms with Crippen molar-refractivity contribution in [1.82, 2.24) is 0 Å². The van der Waals surface area contributed by atoms with Crippen LogP contribution >= 0.6 is 0 Å². The van der Waals surface area contributed by atoms with Crippen molar-refractivity contribution in [2.75, 3.05) is 6.54 Å². The summed E-state index contributed by atoms with van der Waals surface area (Å²) in [4.78, 5) is 14.9. The van der Waals surface area contributed by atoms with Crippen molar-refractivity contribution < 1.29 is 14.1 Å². The maximum Gasteiger partial charge on any atom is 0.467 e. The summed E-state index contributed by atoms with van der Waals surface area (Å²) in [6.07, 6.45) is 4.28. The third-order valence-corrected chi connectivity index (χ3v) is 3.72. The molecule has 1 unspecified atom stereocenters. The fraction of sp³-hybridized carbons (Fsp3) is 0.667. The molecule has 5 heteroatoms. The molecule has 2 rings (SSSR count). The number of aldehydes is 1. The molecule has 17 heavy (non-hydrogen) atoms. The van der Waals surface area contributed by atoms with Gasteiger partial charge in [0, 0.05) is 24.1 Å². The van der Waals surface area contributed by atoms with Gasteiger partial charge >= 0.3 is 7.12 Å². The Labute approximate surface area is 102 Å². The average molecular weight is 235 g/mol. The minimum atomic E-state index is -0.339. The summed E-state index contributed by atoms with van der Waals surface area (Å²) in [6.45, 7) is 8.67. The van der Waals surface area contributed by atoms with Crippen molar-refractivity contribution in [2.24, 2.45) is 4.99 Å². The number of hydrogen-bond acceptors (Lipinski definition) is 4. The summed E-state index contributed by atoms with van der Waals surface area (Å²) in [5, 5.41) is 0. The molecular formula is C12H18BNO3. The minimum absolute atomic E-state index is 0.0150. The molecule has 0 aliphatic carbocycles. The first kappa shape index (κ1) is 12.5. The fourth-order valence-electron chi connectivity index (χ4n) is 1.92. The molecule has 2 aliphatic rings. The molecule has 0 aromatic carbocycles. The van der Waals surface area contributed by atoms with Gasteiger partial charge in [0.2, 0.25) is 0 Å². The second-order valence-electron chi connectivity index (χ2n) is 5.57. The van der Waals surface area contributed by atoms with Crippen LogP contribution in [-0.2, 0) is 14.1 Å². The summed E-state index contributed by atoms with van der Waals surface area (Å²) < 4.78 is 11.9. The van der Waals surface area contributed by atoms with Crippen LogP contribution in [-0.4, -0.2) is 37.4 Å². The molecule has 0 aromatic rings. The fourth-order valence-corrected chi connectivity index (χ4v) is 1.92. The van der Waals surface area contributed by atoms with Crippen LogP contribution < -0.4 is 0 Å². The molecule has 4 nitrogen and oxygen atoms in total. The average Bonchev–Trinajstić information content (AvgIpc) is 2.48. The number of allylic oxidation sites excluding steroid dienone is 1. The van der Waals surface area contributed by atoms with Crippen LogP contribution in [0.5, 0.6) is 0 Å². The predicted octanol–water partition coefficient (Wildman–Crippen LogP) is 1.66. The van der Waals surface area contributed by atoms with Gasteiger partial charge in [0.05, 0.1) is 11.2 Å². The normalized spacial score (nSPS) is 30.2. The monoisotopic (exact) mass is 235 g/mol. The highest BCUT2D eigenvalue weighted by atomic mass is 16.7. The van der Waals surface area contributed by atoms with Crippen LogP contribution in [0.25, 0.3) is 0 Å². The van der Waals surface area contributed by atoms with Crippen LogP contribution in [0.3, 0.4) is 0 Å². The molecule has 1 saturated heterocycles. The maximum absolute atomic E-state index is 10.7. The van der Waals surface area contributed by atoms with Crippen molar-refractivity contribution in [3.05, 3.63) is 11.6 Å². The molecule has 2 heterocycles. The predicted molar refractivity (Wildman–Crippen MR) is 67.3 cm³/mol. The van der Waals surface area contributed by atoms with E-state index in [1.807, 2.05) is 33.8 Å². The second kappa shape index (κ2) is 4.07. The number of aliphatic imine (C=N–C) groups is 1. The van der Waals surface area contributed by atoms with Gasteiger partial charge in [0.15, 0.2) is 6.29 Å². The second-order valence-corrected chi connectivity index (χ2v) is 5.57. The van der Waals surface area contributed by atoms with E-state index in [2.05, 4.69) is 4.99 Å². The van der Waals surface area contributed by atoms with E-state index in [0.717, 1.165) is 6.29 Å². The lowest BCUT2D eigenvalue weighted by Gasteiger charge is -2.32. The molecule has 0 spiro atoms.